The fraction of sp³-hybridized carbons (Fsp3) is 1.00. The monoisotopic (exact) mass is 126 g/mol. The Morgan fingerprint density at radius 2 is 2.33 bits per heavy atom. The fourth-order valence-corrected chi connectivity index (χ4v) is 2.16. The number of ether oxygens (including phenoxy) is 1. The Kier molecular flexibility index (Phi) is 0.963. The average Bonchev–Trinajstić information content (AvgIpc) is 2.38. The third kappa shape index (κ3) is 0.586. The van der Waals surface area contributed by atoms with Gasteiger partial charge in [0.2, 0.25) is 0 Å². The van der Waals surface area contributed by atoms with E-state index < -0.39 is 0 Å². The molecule has 1 aliphatic carbocycles. The van der Waals surface area contributed by atoms with Crippen molar-refractivity contribution in [3.63, 3.8) is 0 Å². The first-order valence-corrected chi connectivity index (χ1v) is 3.83. The fourth-order valence-electron chi connectivity index (χ4n) is 2.16. The van der Waals surface area contributed by atoms with E-state index >= 15 is 0 Å². The molecule has 1 aliphatic heterocycles. The molecule has 0 aromatic heterocycles. The maximum Gasteiger partial charge on any atom is 0.0502 e. The minimum Gasteiger partial charge on any atom is -0.381 e. The van der Waals surface area contributed by atoms with Crippen molar-refractivity contribution in [3.8, 4) is 0 Å². The molecule has 9 heavy (non-hydrogen) atoms. The second kappa shape index (κ2) is 1.51. The van der Waals surface area contributed by atoms with Crippen molar-refractivity contribution in [1.82, 2.24) is 0 Å². The molecule has 1 saturated carbocycles. The highest BCUT2D eigenvalue weighted by Crippen LogP contribution is 2.62. The lowest BCUT2D eigenvalue weighted by atomic mass is 10.00. The van der Waals surface area contributed by atoms with Crippen molar-refractivity contribution in [2.24, 2.45) is 17.3 Å². The summed E-state index contributed by atoms with van der Waals surface area (Å²) in [5.41, 5.74) is 0.679. The van der Waals surface area contributed by atoms with Gasteiger partial charge in [0.1, 0.15) is 0 Å². The van der Waals surface area contributed by atoms with Crippen molar-refractivity contribution in [2.75, 3.05) is 13.2 Å². The first kappa shape index (κ1) is 5.72. The molecular weight excluding hydrogens is 112 g/mol. The van der Waals surface area contributed by atoms with Gasteiger partial charge in [0.15, 0.2) is 0 Å². The third-order valence-electron chi connectivity index (χ3n) is 3.46. The molecule has 0 aromatic carbocycles. The van der Waals surface area contributed by atoms with E-state index in [1.54, 1.807) is 0 Å². The lowest BCUT2D eigenvalue weighted by Gasteiger charge is -2.16. The van der Waals surface area contributed by atoms with Gasteiger partial charge >= 0.3 is 0 Å². The van der Waals surface area contributed by atoms with Crippen LogP contribution >= 0.6 is 0 Å². The maximum absolute atomic E-state index is 5.36. The van der Waals surface area contributed by atoms with Crippen molar-refractivity contribution in [1.29, 1.82) is 0 Å². The van der Waals surface area contributed by atoms with Gasteiger partial charge in [-0.25, -0.2) is 0 Å². The van der Waals surface area contributed by atoms with Gasteiger partial charge in [-0.3, -0.25) is 0 Å². The largest absolute Gasteiger partial charge is 0.381 e. The molecule has 0 N–H and O–H groups in total. The first-order chi connectivity index (χ1) is 4.25. The summed E-state index contributed by atoms with van der Waals surface area (Å²) in [5, 5.41) is 0. The Morgan fingerprint density at radius 3 is 2.78 bits per heavy atom. The van der Waals surface area contributed by atoms with Crippen LogP contribution in [0, 0.1) is 17.3 Å². The summed E-state index contributed by atoms with van der Waals surface area (Å²) in [7, 11) is 0. The second-order valence-electron chi connectivity index (χ2n) is 3.73. The average molecular weight is 126 g/mol. The molecule has 1 nitrogen and oxygen atoms in total. The van der Waals surface area contributed by atoms with E-state index in [1.807, 2.05) is 0 Å². The van der Waals surface area contributed by atoms with Crippen LogP contribution in [0.1, 0.15) is 20.3 Å². The van der Waals surface area contributed by atoms with Gasteiger partial charge in [0, 0.05) is 6.61 Å². The summed E-state index contributed by atoms with van der Waals surface area (Å²) in [4.78, 5) is 0. The van der Waals surface area contributed by atoms with Crippen molar-refractivity contribution >= 4 is 0 Å². The predicted octanol–water partition coefficient (Wildman–Crippen LogP) is 1.68. The Balaban J connectivity index is 2.10. The summed E-state index contributed by atoms with van der Waals surface area (Å²) >= 11 is 0. The van der Waals surface area contributed by atoms with Crippen LogP contribution in [0.15, 0.2) is 0 Å². The molecule has 1 heteroatoms. The van der Waals surface area contributed by atoms with Gasteiger partial charge in [0.25, 0.3) is 0 Å². The number of fused-ring (bicyclic) bond motifs is 1. The van der Waals surface area contributed by atoms with Gasteiger partial charge < -0.3 is 4.74 Å². The zero-order chi connectivity index (χ0) is 6.48. The lowest BCUT2D eigenvalue weighted by Crippen LogP contribution is -2.14. The second-order valence-corrected chi connectivity index (χ2v) is 3.73. The van der Waals surface area contributed by atoms with E-state index in [0.29, 0.717) is 5.41 Å². The van der Waals surface area contributed by atoms with E-state index in [-0.39, 0.29) is 0 Å². The van der Waals surface area contributed by atoms with Crippen LogP contribution in [0.25, 0.3) is 0 Å². The number of hydrogen-bond donors (Lipinski definition) is 0. The Bertz CT molecular complexity index is 133. The third-order valence-corrected chi connectivity index (χ3v) is 3.46. The van der Waals surface area contributed by atoms with Crippen molar-refractivity contribution in [2.45, 2.75) is 20.3 Å². The number of hydrogen-bond acceptors (Lipinski definition) is 1. The van der Waals surface area contributed by atoms with Crippen LogP contribution in [-0.4, -0.2) is 13.2 Å². The van der Waals surface area contributed by atoms with E-state index in [2.05, 4.69) is 13.8 Å². The Hall–Kier alpha value is -0.0400. The summed E-state index contributed by atoms with van der Waals surface area (Å²) in [6, 6.07) is 0. The summed E-state index contributed by atoms with van der Waals surface area (Å²) in [5.74, 6) is 1.83. The molecule has 52 valence electrons. The van der Waals surface area contributed by atoms with Crippen LogP contribution in [0.5, 0.6) is 0 Å². The van der Waals surface area contributed by atoms with Crippen LogP contribution in [-0.2, 0) is 4.74 Å². The van der Waals surface area contributed by atoms with Crippen LogP contribution in [0.2, 0.25) is 0 Å². The summed E-state index contributed by atoms with van der Waals surface area (Å²) in [6.45, 7) is 6.76. The Morgan fingerprint density at radius 1 is 1.56 bits per heavy atom. The lowest BCUT2D eigenvalue weighted by molar-refractivity contribution is 0.0667. The van der Waals surface area contributed by atoms with Crippen LogP contribution in [0.3, 0.4) is 0 Å². The zero-order valence-corrected chi connectivity index (χ0v) is 6.18. The molecule has 2 rings (SSSR count). The zero-order valence-electron chi connectivity index (χ0n) is 6.18. The normalized spacial score (nSPS) is 56.7. The minimum atomic E-state index is 0.679. The molecular formula is C8H14O. The van der Waals surface area contributed by atoms with E-state index in [0.717, 1.165) is 25.0 Å². The van der Waals surface area contributed by atoms with Crippen molar-refractivity contribution < 1.29 is 4.74 Å². The molecule has 2 aliphatic rings. The minimum absolute atomic E-state index is 0.679. The molecule has 0 unspecified atom stereocenters. The highest BCUT2D eigenvalue weighted by atomic mass is 16.5. The van der Waals surface area contributed by atoms with E-state index in [1.165, 1.54) is 6.42 Å². The smallest absolute Gasteiger partial charge is 0.0502 e. The summed E-state index contributed by atoms with van der Waals surface area (Å²) < 4.78 is 5.36. The molecule has 0 aromatic rings. The van der Waals surface area contributed by atoms with Gasteiger partial charge in [-0.05, 0) is 23.7 Å². The quantitative estimate of drug-likeness (QED) is 0.480. The first-order valence-electron chi connectivity index (χ1n) is 3.83. The van der Waals surface area contributed by atoms with E-state index in [4.69, 9.17) is 4.74 Å². The molecule has 1 saturated heterocycles. The molecule has 0 amide bonds. The van der Waals surface area contributed by atoms with Gasteiger partial charge in [-0.1, -0.05) is 13.8 Å². The SMILES string of the molecule is C[C@@H]1[C@@H]2COCC[C@]12C. The highest BCUT2D eigenvalue weighted by Gasteiger charge is 2.59. The Labute approximate surface area is 56.4 Å². The standard InChI is InChI=1S/C8H14O/c1-6-7-5-9-4-3-8(6,7)2/h6-7H,3-5H2,1-2H3/t6-,7+,8-/m1/s1. The van der Waals surface area contributed by atoms with Crippen LogP contribution in [0.4, 0.5) is 0 Å². The van der Waals surface area contributed by atoms with Gasteiger partial charge in [-0.15, -0.1) is 0 Å². The van der Waals surface area contributed by atoms with Gasteiger partial charge in [-0.2, -0.15) is 0 Å². The summed E-state index contributed by atoms with van der Waals surface area (Å²) in [6.07, 6.45) is 1.29. The molecule has 3 atom stereocenters. The predicted molar refractivity (Wildman–Crippen MR) is 36.2 cm³/mol. The molecule has 1 heterocycles. The van der Waals surface area contributed by atoms with Crippen molar-refractivity contribution in [3.05, 3.63) is 0 Å². The molecule has 0 spiro atoms. The topological polar surface area (TPSA) is 9.23 Å². The van der Waals surface area contributed by atoms with Gasteiger partial charge in [0.05, 0.1) is 6.61 Å². The molecule has 0 radical (unpaired) electrons. The number of rotatable bonds is 0. The molecule has 2 fully saturated rings. The highest BCUT2D eigenvalue weighted by molar-refractivity contribution is 5.06. The molecule has 0 bridgehead atoms. The van der Waals surface area contributed by atoms with Crippen LogP contribution < -0.4 is 0 Å². The maximum atomic E-state index is 5.36. The van der Waals surface area contributed by atoms with E-state index in [9.17, 15) is 0 Å².